The Morgan fingerprint density at radius 1 is 1.00 bits per heavy atom. The second-order valence-electron chi connectivity index (χ2n) is 11.8. The van der Waals surface area contributed by atoms with Gasteiger partial charge in [0, 0.05) is 5.92 Å². The van der Waals surface area contributed by atoms with Crippen LogP contribution in [0.4, 0.5) is 0 Å². The maximum atomic E-state index is 12.8. The van der Waals surface area contributed by atoms with Crippen molar-refractivity contribution in [2.75, 3.05) is 0 Å². The van der Waals surface area contributed by atoms with Crippen LogP contribution in [0.25, 0.3) is 0 Å². The van der Waals surface area contributed by atoms with E-state index in [0.29, 0.717) is 23.1 Å². The molecule has 1 aromatic carbocycles. The van der Waals surface area contributed by atoms with Gasteiger partial charge in [-0.3, -0.25) is 4.79 Å². The molecule has 2 aliphatic carbocycles. The van der Waals surface area contributed by atoms with Crippen molar-refractivity contribution in [3.05, 3.63) is 29.8 Å². The third-order valence-electron chi connectivity index (χ3n) is 7.24. The van der Waals surface area contributed by atoms with Gasteiger partial charge in [0.1, 0.15) is 11.4 Å². The molecule has 0 N–H and O–H groups in total. The molecular weight excluding hydrogens is 388 g/mol. The highest BCUT2D eigenvalue weighted by Crippen LogP contribution is 2.53. The van der Waals surface area contributed by atoms with Gasteiger partial charge in [0.25, 0.3) is 0 Å². The van der Waals surface area contributed by atoms with Crippen LogP contribution in [0.5, 0.6) is 5.75 Å². The fourth-order valence-corrected chi connectivity index (χ4v) is 5.57. The zero-order valence-electron chi connectivity index (χ0n) is 20.4. The number of rotatable bonds is 7. The fourth-order valence-electron chi connectivity index (χ4n) is 5.57. The van der Waals surface area contributed by atoms with Crippen molar-refractivity contribution in [2.45, 2.75) is 86.2 Å². The Kier molecular flexibility index (Phi) is 6.88. The van der Waals surface area contributed by atoms with Gasteiger partial charge < -0.3 is 9.47 Å². The molecule has 172 valence electrons. The molecule has 2 saturated carbocycles. The first kappa shape index (κ1) is 23.8. The van der Waals surface area contributed by atoms with Crippen LogP contribution in [0.15, 0.2) is 24.3 Å². The van der Waals surface area contributed by atoms with E-state index in [9.17, 15) is 9.59 Å². The normalized spacial score (nSPS) is 24.3. The van der Waals surface area contributed by atoms with E-state index in [-0.39, 0.29) is 29.2 Å². The Morgan fingerprint density at radius 2 is 1.65 bits per heavy atom. The molecule has 0 amide bonds. The first-order valence-electron chi connectivity index (χ1n) is 11.9. The summed E-state index contributed by atoms with van der Waals surface area (Å²) in [4.78, 5) is 25.5. The van der Waals surface area contributed by atoms with Crippen LogP contribution in [-0.2, 0) is 9.53 Å². The van der Waals surface area contributed by atoms with Gasteiger partial charge in [-0.25, -0.2) is 4.79 Å². The van der Waals surface area contributed by atoms with Crippen LogP contribution in [0.3, 0.4) is 0 Å². The minimum Gasteiger partial charge on any atom is -0.456 e. The lowest BCUT2D eigenvalue weighted by Crippen LogP contribution is -2.39. The standard InChI is InChI=1S/C27H40O4/c1-17(2)22(16-26(3,4)5)25(29)30-21-12-10-19(11-13-21)24(28)31-27(6,7)23-15-18-8-9-20(23)14-18/h10-13,17-18,20,22-23H,8-9,14-16H2,1-7H3. The van der Waals surface area contributed by atoms with Crippen molar-refractivity contribution in [3.63, 3.8) is 0 Å². The molecule has 4 heteroatoms. The second kappa shape index (κ2) is 8.96. The monoisotopic (exact) mass is 428 g/mol. The number of benzene rings is 1. The van der Waals surface area contributed by atoms with Crippen LogP contribution in [0.1, 0.15) is 90.9 Å². The van der Waals surface area contributed by atoms with Crippen molar-refractivity contribution >= 4 is 11.9 Å². The second-order valence-corrected chi connectivity index (χ2v) is 11.8. The first-order chi connectivity index (χ1) is 14.4. The summed E-state index contributed by atoms with van der Waals surface area (Å²) in [6, 6.07) is 6.76. The van der Waals surface area contributed by atoms with Crippen molar-refractivity contribution in [1.29, 1.82) is 0 Å². The summed E-state index contributed by atoms with van der Waals surface area (Å²) in [6.07, 6.45) is 5.83. The molecule has 2 aliphatic rings. The number of carbonyl (C=O) groups is 2. The summed E-state index contributed by atoms with van der Waals surface area (Å²) < 4.78 is 11.6. The lowest BCUT2D eigenvalue weighted by atomic mass is 9.78. The molecular formula is C27H40O4. The van der Waals surface area contributed by atoms with Gasteiger partial charge in [-0.2, -0.15) is 0 Å². The lowest BCUT2D eigenvalue weighted by molar-refractivity contribution is -0.141. The zero-order chi connectivity index (χ0) is 23.0. The molecule has 0 heterocycles. The quantitative estimate of drug-likeness (QED) is 0.359. The highest BCUT2D eigenvalue weighted by Gasteiger charge is 2.48. The smallest absolute Gasteiger partial charge is 0.338 e. The summed E-state index contributed by atoms with van der Waals surface area (Å²) in [6.45, 7) is 14.6. The summed E-state index contributed by atoms with van der Waals surface area (Å²) in [5, 5.41) is 0. The van der Waals surface area contributed by atoms with Crippen molar-refractivity contribution in [2.24, 2.45) is 35.0 Å². The average Bonchev–Trinajstić information content (AvgIpc) is 3.29. The summed E-state index contributed by atoms with van der Waals surface area (Å²) in [5.74, 6) is 1.95. The average molecular weight is 429 g/mol. The SMILES string of the molecule is CC(C)C(CC(C)(C)C)C(=O)Oc1ccc(C(=O)OC(C)(C)C2CC3CCC2C3)cc1. The maximum Gasteiger partial charge on any atom is 0.338 e. The van der Waals surface area contributed by atoms with Crippen LogP contribution in [-0.4, -0.2) is 17.5 Å². The molecule has 0 aromatic heterocycles. The van der Waals surface area contributed by atoms with Crippen LogP contribution in [0.2, 0.25) is 0 Å². The van der Waals surface area contributed by atoms with E-state index in [1.165, 1.54) is 25.7 Å². The zero-order valence-corrected chi connectivity index (χ0v) is 20.4. The summed E-state index contributed by atoms with van der Waals surface area (Å²) in [7, 11) is 0. The molecule has 4 unspecified atom stereocenters. The van der Waals surface area contributed by atoms with Gasteiger partial charge in [0.05, 0.1) is 11.5 Å². The number of esters is 2. The minimum atomic E-state index is -0.459. The molecule has 4 atom stereocenters. The van der Waals surface area contributed by atoms with Crippen molar-refractivity contribution < 1.29 is 19.1 Å². The number of fused-ring (bicyclic) bond motifs is 2. The Hall–Kier alpha value is -1.84. The molecule has 0 spiro atoms. The third kappa shape index (κ3) is 5.90. The van der Waals surface area contributed by atoms with Gasteiger partial charge in [0.2, 0.25) is 0 Å². The Labute approximate surface area is 188 Å². The highest BCUT2D eigenvalue weighted by molar-refractivity contribution is 5.90. The molecule has 1 aromatic rings. The number of hydrogen-bond donors (Lipinski definition) is 0. The Balaban J connectivity index is 1.60. The molecule has 2 bridgehead atoms. The number of ether oxygens (including phenoxy) is 2. The van der Waals surface area contributed by atoms with E-state index in [0.717, 1.165) is 12.3 Å². The topological polar surface area (TPSA) is 52.6 Å². The predicted octanol–water partition coefficient (Wildman–Crippen LogP) is 6.67. The van der Waals surface area contributed by atoms with Crippen molar-refractivity contribution in [1.82, 2.24) is 0 Å². The van der Waals surface area contributed by atoms with Crippen LogP contribution >= 0.6 is 0 Å². The fraction of sp³-hybridized carbons (Fsp3) is 0.704. The van der Waals surface area contributed by atoms with E-state index >= 15 is 0 Å². The Bertz CT molecular complexity index is 784. The predicted molar refractivity (Wildman–Crippen MR) is 123 cm³/mol. The molecule has 0 aliphatic heterocycles. The largest absolute Gasteiger partial charge is 0.456 e. The minimum absolute atomic E-state index is 0.0488. The third-order valence-corrected chi connectivity index (χ3v) is 7.24. The van der Waals surface area contributed by atoms with Gasteiger partial charge in [-0.15, -0.1) is 0 Å². The molecule has 3 rings (SSSR count). The van der Waals surface area contributed by atoms with Crippen LogP contribution in [0, 0.1) is 35.0 Å². The molecule has 0 saturated heterocycles. The van der Waals surface area contributed by atoms with E-state index in [4.69, 9.17) is 9.47 Å². The van der Waals surface area contributed by atoms with Gasteiger partial charge >= 0.3 is 11.9 Å². The van der Waals surface area contributed by atoms with Gasteiger partial charge in [-0.05, 0) is 87.0 Å². The summed E-state index contributed by atoms with van der Waals surface area (Å²) in [5.41, 5.74) is 0.0818. The molecule has 0 radical (unpaired) electrons. The Morgan fingerprint density at radius 3 is 2.13 bits per heavy atom. The highest BCUT2D eigenvalue weighted by atomic mass is 16.6. The molecule has 4 nitrogen and oxygen atoms in total. The van der Waals surface area contributed by atoms with E-state index in [1.54, 1.807) is 24.3 Å². The van der Waals surface area contributed by atoms with E-state index < -0.39 is 5.60 Å². The van der Waals surface area contributed by atoms with E-state index in [2.05, 4.69) is 34.6 Å². The maximum absolute atomic E-state index is 12.8. The number of hydrogen-bond acceptors (Lipinski definition) is 4. The van der Waals surface area contributed by atoms with E-state index in [1.807, 2.05) is 13.8 Å². The molecule has 2 fully saturated rings. The van der Waals surface area contributed by atoms with Crippen LogP contribution < -0.4 is 4.74 Å². The summed E-state index contributed by atoms with van der Waals surface area (Å²) >= 11 is 0. The van der Waals surface area contributed by atoms with Gasteiger partial charge in [-0.1, -0.05) is 41.0 Å². The first-order valence-corrected chi connectivity index (χ1v) is 11.9. The van der Waals surface area contributed by atoms with Gasteiger partial charge in [0.15, 0.2) is 0 Å². The number of carbonyl (C=O) groups excluding carboxylic acids is 2. The lowest BCUT2D eigenvalue weighted by Gasteiger charge is -2.36. The molecule has 31 heavy (non-hydrogen) atoms. The van der Waals surface area contributed by atoms with Crippen molar-refractivity contribution in [3.8, 4) is 5.75 Å².